The number of ether oxygens (including phenoxy) is 1. The fourth-order valence-electron chi connectivity index (χ4n) is 2.68. The number of benzene rings is 1. The molecule has 0 aliphatic carbocycles. The Bertz CT molecular complexity index is 787. The van der Waals surface area contributed by atoms with Gasteiger partial charge in [-0.1, -0.05) is 24.3 Å². The molecule has 23 heavy (non-hydrogen) atoms. The average molecular weight is 311 g/mol. The monoisotopic (exact) mass is 311 g/mol. The Balaban J connectivity index is 2.01. The van der Waals surface area contributed by atoms with Gasteiger partial charge in [-0.25, -0.2) is 14.4 Å². The summed E-state index contributed by atoms with van der Waals surface area (Å²) in [6.45, 7) is 1.77. The average Bonchev–Trinajstić information content (AvgIpc) is 3.10. The summed E-state index contributed by atoms with van der Waals surface area (Å²) in [4.78, 5) is 11.6. The van der Waals surface area contributed by atoms with Gasteiger partial charge in [-0.05, 0) is 24.1 Å². The van der Waals surface area contributed by atoms with Gasteiger partial charge in [-0.2, -0.15) is 0 Å². The van der Waals surface area contributed by atoms with Crippen molar-refractivity contribution >= 4 is 0 Å². The molecule has 5 heteroatoms. The van der Waals surface area contributed by atoms with Gasteiger partial charge in [-0.3, -0.25) is 0 Å². The molecule has 0 bridgehead atoms. The highest BCUT2D eigenvalue weighted by molar-refractivity contribution is 5.34. The van der Waals surface area contributed by atoms with Crippen LogP contribution in [0.15, 0.2) is 48.9 Å². The normalized spacial score (nSPS) is 12.1. The van der Waals surface area contributed by atoms with E-state index < -0.39 is 0 Å². The Labute approximate surface area is 134 Å². The van der Waals surface area contributed by atoms with Gasteiger partial charge in [0, 0.05) is 36.0 Å². The minimum Gasteiger partial charge on any atom is -0.481 e. The molecule has 0 amide bonds. The number of hydrogen-bond donors (Lipinski definition) is 1. The van der Waals surface area contributed by atoms with Crippen molar-refractivity contribution in [2.24, 2.45) is 0 Å². The zero-order valence-electron chi connectivity index (χ0n) is 13.1. The molecule has 3 rings (SSSR count). The Morgan fingerprint density at radius 1 is 1.22 bits per heavy atom. The van der Waals surface area contributed by atoms with Gasteiger partial charge in [0.15, 0.2) is 0 Å². The SMILES string of the molecule is COc1cccc(C[C@@H](c2cnc[nH]2)c2cccc(C)c2F)n1. The molecule has 3 aromatic rings. The molecule has 0 aliphatic heterocycles. The van der Waals surface area contributed by atoms with Gasteiger partial charge >= 0.3 is 0 Å². The van der Waals surface area contributed by atoms with Crippen LogP contribution < -0.4 is 4.74 Å². The highest BCUT2D eigenvalue weighted by atomic mass is 19.1. The van der Waals surface area contributed by atoms with Gasteiger partial charge < -0.3 is 9.72 Å². The van der Waals surface area contributed by atoms with Crippen molar-refractivity contribution in [2.45, 2.75) is 19.3 Å². The fraction of sp³-hybridized carbons (Fsp3) is 0.222. The Morgan fingerprint density at radius 3 is 2.78 bits per heavy atom. The van der Waals surface area contributed by atoms with Gasteiger partial charge in [-0.15, -0.1) is 0 Å². The molecule has 1 aromatic carbocycles. The van der Waals surface area contributed by atoms with Crippen molar-refractivity contribution in [2.75, 3.05) is 7.11 Å². The first-order valence-electron chi connectivity index (χ1n) is 7.42. The number of rotatable bonds is 5. The summed E-state index contributed by atoms with van der Waals surface area (Å²) in [5, 5.41) is 0. The maximum absolute atomic E-state index is 14.6. The summed E-state index contributed by atoms with van der Waals surface area (Å²) in [7, 11) is 1.58. The number of aromatic amines is 1. The van der Waals surface area contributed by atoms with Crippen LogP contribution in [0.5, 0.6) is 5.88 Å². The third-order valence-electron chi connectivity index (χ3n) is 3.90. The molecule has 2 heterocycles. The first-order valence-corrected chi connectivity index (χ1v) is 7.42. The van der Waals surface area contributed by atoms with E-state index >= 15 is 0 Å². The van der Waals surface area contributed by atoms with E-state index in [0.29, 0.717) is 23.4 Å². The third-order valence-corrected chi connectivity index (χ3v) is 3.90. The fourth-order valence-corrected chi connectivity index (χ4v) is 2.68. The number of aromatic nitrogens is 3. The summed E-state index contributed by atoms with van der Waals surface area (Å²) >= 11 is 0. The molecule has 0 radical (unpaired) electrons. The molecule has 1 atom stereocenters. The van der Waals surface area contributed by atoms with Crippen molar-refractivity contribution in [1.82, 2.24) is 15.0 Å². The maximum Gasteiger partial charge on any atom is 0.213 e. The molecule has 0 spiro atoms. The van der Waals surface area contributed by atoms with E-state index in [1.54, 1.807) is 38.7 Å². The van der Waals surface area contributed by atoms with Crippen LogP contribution in [0, 0.1) is 12.7 Å². The highest BCUT2D eigenvalue weighted by Crippen LogP contribution is 2.30. The van der Waals surface area contributed by atoms with E-state index in [0.717, 1.165) is 11.4 Å². The predicted molar refractivity (Wildman–Crippen MR) is 86.1 cm³/mol. The molecule has 0 unspecified atom stereocenters. The molecular weight excluding hydrogens is 293 g/mol. The first-order chi connectivity index (χ1) is 11.2. The number of methoxy groups -OCH3 is 1. The molecule has 0 aliphatic rings. The van der Waals surface area contributed by atoms with E-state index in [2.05, 4.69) is 15.0 Å². The quantitative estimate of drug-likeness (QED) is 0.782. The van der Waals surface area contributed by atoms with Crippen LogP contribution in [0.1, 0.15) is 28.4 Å². The molecule has 1 N–H and O–H groups in total. The van der Waals surface area contributed by atoms with E-state index in [9.17, 15) is 4.39 Å². The van der Waals surface area contributed by atoms with Crippen LogP contribution in [-0.2, 0) is 6.42 Å². The molecule has 4 nitrogen and oxygen atoms in total. The number of imidazole rings is 1. The molecule has 118 valence electrons. The van der Waals surface area contributed by atoms with Crippen molar-refractivity contribution in [1.29, 1.82) is 0 Å². The summed E-state index contributed by atoms with van der Waals surface area (Å²) in [6.07, 6.45) is 3.89. The number of H-pyrrole nitrogens is 1. The van der Waals surface area contributed by atoms with Crippen LogP contribution >= 0.6 is 0 Å². The largest absolute Gasteiger partial charge is 0.481 e. The number of hydrogen-bond acceptors (Lipinski definition) is 3. The predicted octanol–water partition coefficient (Wildman–Crippen LogP) is 3.64. The van der Waals surface area contributed by atoms with Crippen molar-refractivity contribution < 1.29 is 9.13 Å². The van der Waals surface area contributed by atoms with E-state index in [4.69, 9.17) is 4.74 Å². The lowest BCUT2D eigenvalue weighted by Crippen LogP contribution is -2.10. The number of nitrogens with one attached hydrogen (secondary N) is 1. The molecule has 2 aromatic heterocycles. The highest BCUT2D eigenvalue weighted by Gasteiger charge is 2.21. The summed E-state index contributed by atoms with van der Waals surface area (Å²) in [5.41, 5.74) is 2.97. The number of halogens is 1. The minimum atomic E-state index is -0.185. The van der Waals surface area contributed by atoms with Crippen LogP contribution in [-0.4, -0.2) is 22.1 Å². The second kappa shape index (κ2) is 6.60. The number of pyridine rings is 1. The molecular formula is C18H18FN3O. The van der Waals surface area contributed by atoms with Crippen LogP contribution in [0.4, 0.5) is 4.39 Å². The van der Waals surface area contributed by atoms with Gasteiger partial charge in [0.05, 0.1) is 13.4 Å². The zero-order valence-corrected chi connectivity index (χ0v) is 13.1. The number of nitrogens with zero attached hydrogens (tertiary/aromatic N) is 2. The van der Waals surface area contributed by atoms with Crippen molar-refractivity contribution in [3.63, 3.8) is 0 Å². The molecule has 0 saturated carbocycles. The van der Waals surface area contributed by atoms with Crippen molar-refractivity contribution in [3.8, 4) is 5.88 Å². The summed E-state index contributed by atoms with van der Waals surface area (Å²) in [5.74, 6) is 0.183. The summed E-state index contributed by atoms with van der Waals surface area (Å²) in [6, 6.07) is 11.1. The second-order valence-electron chi connectivity index (χ2n) is 5.41. The molecule has 0 saturated heterocycles. The van der Waals surface area contributed by atoms with Crippen LogP contribution in [0.3, 0.4) is 0 Å². The lowest BCUT2D eigenvalue weighted by molar-refractivity contribution is 0.396. The number of aryl methyl sites for hydroxylation is 1. The lowest BCUT2D eigenvalue weighted by Gasteiger charge is -2.17. The Hall–Kier alpha value is -2.69. The maximum atomic E-state index is 14.6. The van der Waals surface area contributed by atoms with Crippen LogP contribution in [0.2, 0.25) is 0 Å². The van der Waals surface area contributed by atoms with E-state index in [1.165, 1.54) is 0 Å². The zero-order chi connectivity index (χ0) is 16.2. The van der Waals surface area contributed by atoms with Crippen molar-refractivity contribution in [3.05, 3.63) is 77.3 Å². The van der Waals surface area contributed by atoms with Crippen LogP contribution in [0.25, 0.3) is 0 Å². The smallest absolute Gasteiger partial charge is 0.213 e. The molecule has 0 fully saturated rings. The third kappa shape index (κ3) is 3.23. The van der Waals surface area contributed by atoms with E-state index in [-0.39, 0.29) is 11.7 Å². The van der Waals surface area contributed by atoms with Gasteiger partial charge in [0.1, 0.15) is 5.82 Å². The Kier molecular flexibility index (Phi) is 4.37. The standard InChI is InChI=1S/C18H18FN3O/c1-12-5-3-7-14(18(12)19)15(16-10-20-11-21-16)9-13-6-4-8-17(22-13)23-2/h3-8,10-11,15H,9H2,1-2H3,(H,20,21)/t15-/m1/s1. The van der Waals surface area contributed by atoms with Gasteiger partial charge in [0.25, 0.3) is 0 Å². The Morgan fingerprint density at radius 2 is 2.04 bits per heavy atom. The summed E-state index contributed by atoms with van der Waals surface area (Å²) < 4.78 is 19.8. The lowest BCUT2D eigenvalue weighted by atomic mass is 9.90. The minimum absolute atomic E-state index is 0.183. The van der Waals surface area contributed by atoms with E-state index in [1.807, 2.05) is 24.3 Å². The topological polar surface area (TPSA) is 50.8 Å². The second-order valence-corrected chi connectivity index (χ2v) is 5.41. The first kappa shape index (κ1) is 15.2. The van der Waals surface area contributed by atoms with Gasteiger partial charge in [0.2, 0.25) is 5.88 Å².